The Hall–Kier alpha value is -3.82. The lowest BCUT2D eigenvalue weighted by molar-refractivity contribution is 0.300. The summed E-state index contributed by atoms with van der Waals surface area (Å²) < 4.78 is 35.9. The molecule has 0 aliphatic heterocycles. The molecule has 43 heavy (non-hydrogen) atoms. The number of nitrogens with one attached hydrogen (secondary N) is 1. The highest BCUT2D eigenvalue weighted by molar-refractivity contribution is 7.89. The zero-order chi connectivity index (χ0) is 31.3. The SMILES string of the molecule is CCC(C)(C)c1ccc(OCCCNS(=O)(=O)c2cc(N=Nc3ccccn3)c(O)c3ccccc23)c(C(C)(C)CC)c1. The molecule has 3 aromatic carbocycles. The smallest absolute Gasteiger partial charge is 0.241 e. The Labute approximate surface area is 255 Å². The van der Waals surface area contributed by atoms with Gasteiger partial charge in [-0.25, -0.2) is 18.1 Å². The van der Waals surface area contributed by atoms with E-state index in [0.29, 0.717) is 29.6 Å². The molecule has 0 amide bonds. The van der Waals surface area contributed by atoms with E-state index in [1.54, 1.807) is 48.7 Å². The van der Waals surface area contributed by atoms with Crippen molar-refractivity contribution in [3.63, 3.8) is 0 Å². The van der Waals surface area contributed by atoms with Gasteiger partial charge in [0, 0.05) is 29.1 Å². The molecule has 2 N–H and O–H groups in total. The lowest BCUT2D eigenvalue weighted by Crippen LogP contribution is -2.26. The van der Waals surface area contributed by atoms with Gasteiger partial charge in [-0.15, -0.1) is 10.2 Å². The van der Waals surface area contributed by atoms with Crippen molar-refractivity contribution in [3.8, 4) is 11.5 Å². The highest BCUT2D eigenvalue weighted by Crippen LogP contribution is 2.40. The molecule has 0 saturated heterocycles. The zero-order valence-electron chi connectivity index (χ0n) is 25.9. The quantitative estimate of drug-likeness (QED) is 0.118. The Kier molecular flexibility index (Phi) is 9.87. The van der Waals surface area contributed by atoms with Crippen molar-refractivity contribution in [2.45, 2.75) is 76.5 Å². The number of hydrogen-bond acceptors (Lipinski definition) is 7. The topological polar surface area (TPSA) is 113 Å². The Bertz CT molecular complexity index is 1700. The zero-order valence-corrected chi connectivity index (χ0v) is 26.7. The van der Waals surface area contributed by atoms with E-state index in [-0.39, 0.29) is 33.7 Å². The van der Waals surface area contributed by atoms with Gasteiger partial charge in [-0.05, 0) is 59.9 Å². The number of aromatic hydroxyl groups is 1. The maximum Gasteiger partial charge on any atom is 0.241 e. The summed E-state index contributed by atoms with van der Waals surface area (Å²) in [6, 6.07) is 19.7. The van der Waals surface area contributed by atoms with Crippen LogP contribution >= 0.6 is 0 Å². The summed E-state index contributed by atoms with van der Waals surface area (Å²) in [5.41, 5.74) is 2.48. The van der Waals surface area contributed by atoms with Crippen LogP contribution in [0.25, 0.3) is 10.8 Å². The molecule has 0 atom stereocenters. The number of fused-ring (bicyclic) bond motifs is 1. The summed E-state index contributed by atoms with van der Waals surface area (Å²) in [5.74, 6) is 1.02. The van der Waals surface area contributed by atoms with Crippen molar-refractivity contribution in [1.29, 1.82) is 0 Å². The molecule has 0 bridgehead atoms. The van der Waals surface area contributed by atoms with Crippen LogP contribution in [0.15, 0.2) is 88.1 Å². The van der Waals surface area contributed by atoms with Gasteiger partial charge < -0.3 is 9.84 Å². The summed E-state index contributed by atoms with van der Waals surface area (Å²) in [6.45, 7) is 13.8. The number of nitrogens with zero attached hydrogens (tertiary/aromatic N) is 3. The van der Waals surface area contributed by atoms with Crippen LogP contribution in [0.4, 0.5) is 11.5 Å². The van der Waals surface area contributed by atoms with Gasteiger partial charge in [0.25, 0.3) is 0 Å². The molecule has 0 spiro atoms. The van der Waals surface area contributed by atoms with Crippen molar-refractivity contribution in [3.05, 3.63) is 84.1 Å². The van der Waals surface area contributed by atoms with Gasteiger partial charge in [0.1, 0.15) is 11.4 Å². The fourth-order valence-electron chi connectivity index (χ4n) is 4.67. The van der Waals surface area contributed by atoms with E-state index in [1.807, 2.05) is 6.07 Å². The molecular formula is C34H42N4O4S. The minimum Gasteiger partial charge on any atom is -0.505 e. The van der Waals surface area contributed by atoms with E-state index in [1.165, 1.54) is 11.6 Å². The highest BCUT2D eigenvalue weighted by Gasteiger charge is 2.27. The van der Waals surface area contributed by atoms with Crippen LogP contribution in [-0.4, -0.2) is 31.7 Å². The first-order chi connectivity index (χ1) is 20.4. The molecule has 0 unspecified atom stereocenters. The summed E-state index contributed by atoms with van der Waals surface area (Å²) in [5, 5.41) is 19.8. The summed E-state index contributed by atoms with van der Waals surface area (Å²) in [7, 11) is -3.95. The fourth-order valence-corrected chi connectivity index (χ4v) is 5.97. The van der Waals surface area contributed by atoms with Gasteiger partial charge >= 0.3 is 0 Å². The van der Waals surface area contributed by atoms with E-state index in [2.05, 4.69) is 73.6 Å². The lowest BCUT2D eigenvalue weighted by Gasteiger charge is -2.30. The molecule has 8 nitrogen and oxygen atoms in total. The van der Waals surface area contributed by atoms with Gasteiger partial charge in [0.15, 0.2) is 11.6 Å². The van der Waals surface area contributed by atoms with E-state index >= 15 is 0 Å². The number of aromatic nitrogens is 1. The minimum atomic E-state index is -3.95. The van der Waals surface area contributed by atoms with Crippen molar-refractivity contribution in [2.75, 3.05) is 13.2 Å². The first-order valence-electron chi connectivity index (χ1n) is 14.7. The van der Waals surface area contributed by atoms with Gasteiger partial charge in [-0.2, -0.15) is 0 Å². The number of sulfonamides is 1. The van der Waals surface area contributed by atoms with E-state index in [0.717, 1.165) is 24.2 Å². The number of hydrogen-bond donors (Lipinski definition) is 2. The Balaban J connectivity index is 1.50. The van der Waals surface area contributed by atoms with Gasteiger partial charge in [0.2, 0.25) is 10.0 Å². The normalized spacial score (nSPS) is 12.7. The second-order valence-corrected chi connectivity index (χ2v) is 13.7. The van der Waals surface area contributed by atoms with Crippen LogP contribution < -0.4 is 9.46 Å². The summed E-state index contributed by atoms with van der Waals surface area (Å²) in [4.78, 5) is 4.11. The molecule has 0 saturated carbocycles. The molecular weight excluding hydrogens is 560 g/mol. The molecule has 228 valence electrons. The maximum absolute atomic E-state index is 13.5. The average molecular weight is 603 g/mol. The molecule has 0 radical (unpaired) electrons. The molecule has 4 aromatic rings. The van der Waals surface area contributed by atoms with Crippen molar-refractivity contribution in [2.24, 2.45) is 10.2 Å². The number of phenols is 1. The lowest BCUT2D eigenvalue weighted by atomic mass is 9.76. The molecule has 4 rings (SSSR count). The van der Waals surface area contributed by atoms with Crippen LogP contribution in [0.1, 0.15) is 71.9 Å². The van der Waals surface area contributed by atoms with Crippen LogP contribution in [0.2, 0.25) is 0 Å². The average Bonchev–Trinajstić information content (AvgIpc) is 3.01. The number of benzene rings is 3. The van der Waals surface area contributed by atoms with Crippen LogP contribution in [0, 0.1) is 0 Å². The third-order valence-electron chi connectivity index (χ3n) is 8.29. The molecule has 9 heteroatoms. The second kappa shape index (κ2) is 13.2. The third kappa shape index (κ3) is 7.40. The molecule has 0 fully saturated rings. The van der Waals surface area contributed by atoms with Crippen LogP contribution in [0.5, 0.6) is 11.5 Å². The van der Waals surface area contributed by atoms with Crippen molar-refractivity contribution < 1.29 is 18.3 Å². The Morgan fingerprint density at radius 2 is 1.58 bits per heavy atom. The maximum atomic E-state index is 13.5. The molecule has 1 heterocycles. The van der Waals surface area contributed by atoms with Gasteiger partial charge in [-0.3, -0.25) is 0 Å². The van der Waals surface area contributed by atoms with Crippen LogP contribution in [-0.2, 0) is 20.9 Å². The summed E-state index contributed by atoms with van der Waals surface area (Å²) >= 11 is 0. The first-order valence-corrected chi connectivity index (χ1v) is 16.2. The standard InChI is InChI=1S/C34H42N4O4S/c1-7-33(3,4)24-17-18-29(27(22-24)34(5,6)8-2)42-21-13-20-36-43(40,41)30-23-28(37-38-31-16-11-12-19-35-31)32(39)26-15-10-9-14-25(26)30/h9-12,14-19,22-23,36,39H,7-8,13,20-21H2,1-6H3. The number of rotatable bonds is 13. The molecule has 1 aromatic heterocycles. The van der Waals surface area contributed by atoms with E-state index < -0.39 is 10.0 Å². The molecule has 0 aliphatic carbocycles. The second-order valence-electron chi connectivity index (χ2n) is 12.0. The van der Waals surface area contributed by atoms with E-state index in [9.17, 15) is 13.5 Å². The minimum absolute atomic E-state index is 0.0119. The largest absolute Gasteiger partial charge is 0.505 e. The highest BCUT2D eigenvalue weighted by atomic mass is 32.2. The van der Waals surface area contributed by atoms with Gasteiger partial charge in [-0.1, -0.05) is 84.0 Å². The fraction of sp³-hybridized carbons (Fsp3) is 0.382. The monoisotopic (exact) mass is 602 g/mol. The number of phenolic OH excluding ortho intramolecular Hbond substituents is 1. The number of ether oxygens (including phenoxy) is 1. The van der Waals surface area contributed by atoms with Gasteiger partial charge in [0.05, 0.1) is 11.5 Å². The van der Waals surface area contributed by atoms with Crippen molar-refractivity contribution >= 4 is 32.3 Å². The van der Waals surface area contributed by atoms with Crippen LogP contribution in [0.3, 0.4) is 0 Å². The van der Waals surface area contributed by atoms with Crippen molar-refractivity contribution in [1.82, 2.24) is 9.71 Å². The summed E-state index contributed by atoms with van der Waals surface area (Å²) in [6.07, 6.45) is 4.04. The Morgan fingerprint density at radius 1 is 0.884 bits per heavy atom. The number of pyridine rings is 1. The third-order valence-corrected chi connectivity index (χ3v) is 9.79. The predicted molar refractivity (Wildman–Crippen MR) is 172 cm³/mol. The first kappa shape index (κ1) is 32.1. The van der Waals surface area contributed by atoms with E-state index in [4.69, 9.17) is 4.74 Å². The Morgan fingerprint density at radius 3 is 2.26 bits per heavy atom. The molecule has 0 aliphatic rings. The number of azo groups is 1. The predicted octanol–water partition coefficient (Wildman–Crippen LogP) is 8.48.